The highest BCUT2D eigenvalue weighted by molar-refractivity contribution is 7.14. The van der Waals surface area contributed by atoms with E-state index in [1.54, 1.807) is 0 Å². The fourth-order valence-electron chi connectivity index (χ4n) is 1.57. The van der Waals surface area contributed by atoms with Crippen molar-refractivity contribution in [2.75, 3.05) is 6.54 Å². The Kier molecular flexibility index (Phi) is 3.25. The Balaban J connectivity index is 2.08. The fourth-order valence-corrected chi connectivity index (χ4v) is 2.61. The van der Waals surface area contributed by atoms with Crippen molar-refractivity contribution in [1.29, 1.82) is 0 Å². The zero-order valence-corrected chi connectivity index (χ0v) is 11.8. The van der Waals surface area contributed by atoms with Gasteiger partial charge in [0.05, 0.1) is 10.7 Å². The predicted molar refractivity (Wildman–Crippen MR) is 70.6 cm³/mol. The zero-order chi connectivity index (χ0) is 12.6. The van der Waals surface area contributed by atoms with Crippen molar-refractivity contribution < 1.29 is 4.79 Å². The van der Waals surface area contributed by atoms with E-state index in [2.05, 4.69) is 31.1 Å². The van der Waals surface area contributed by atoms with E-state index in [0.29, 0.717) is 5.92 Å². The van der Waals surface area contributed by atoms with Gasteiger partial charge in [-0.2, -0.15) is 0 Å². The van der Waals surface area contributed by atoms with E-state index in [-0.39, 0.29) is 11.3 Å². The molecule has 94 valence electrons. The summed E-state index contributed by atoms with van der Waals surface area (Å²) in [7, 11) is 0. The van der Waals surface area contributed by atoms with Crippen LogP contribution in [0.25, 0.3) is 0 Å². The standard InChI is InChI=1S/C13H20N2OS/c1-8-10(11(16)14-7-9-5-6-9)17-12(15-8)13(2,3)4/h9H,5-7H2,1-4H3,(H,14,16). The van der Waals surface area contributed by atoms with Gasteiger partial charge in [-0.25, -0.2) is 4.98 Å². The van der Waals surface area contributed by atoms with Crippen LogP contribution in [-0.4, -0.2) is 17.4 Å². The molecule has 0 bridgehead atoms. The molecule has 0 atom stereocenters. The van der Waals surface area contributed by atoms with Crippen molar-refractivity contribution in [2.24, 2.45) is 5.92 Å². The molecule has 1 fully saturated rings. The molecule has 3 nitrogen and oxygen atoms in total. The number of rotatable bonds is 3. The minimum Gasteiger partial charge on any atom is -0.351 e. The van der Waals surface area contributed by atoms with Crippen molar-refractivity contribution in [3.05, 3.63) is 15.6 Å². The van der Waals surface area contributed by atoms with Crippen LogP contribution in [0.15, 0.2) is 0 Å². The van der Waals surface area contributed by atoms with Crippen molar-refractivity contribution in [1.82, 2.24) is 10.3 Å². The third kappa shape index (κ3) is 3.06. The highest BCUT2D eigenvalue weighted by Gasteiger charge is 2.25. The van der Waals surface area contributed by atoms with Crippen molar-refractivity contribution >= 4 is 17.2 Å². The molecule has 0 unspecified atom stereocenters. The molecule has 1 aromatic rings. The van der Waals surface area contributed by atoms with Crippen LogP contribution >= 0.6 is 11.3 Å². The van der Waals surface area contributed by atoms with Gasteiger partial charge in [0.1, 0.15) is 4.88 Å². The summed E-state index contributed by atoms with van der Waals surface area (Å²) >= 11 is 1.52. The molecular formula is C13H20N2OS. The van der Waals surface area contributed by atoms with Crippen LogP contribution in [0.1, 0.15) is 54.0 Å². The van der Waals surface area contributed by atoms with Crippen molar-refractivity contribution in [3.63, 3.8) is 0 Å². The molecule has 1 N–H and O–H groups in total. The van der Waals surface area contributed by atoms with Gasteiger partial charge in [-0.05, 0) is 25.7 Å². The topological polar surface area (TPSA) is 42.0 Å². The fraction of sp³-hybridized carbons (Fsp3) is 0.692. The van der Waals surface area contributed by atoms with E-state index in [1.807, 2.05) is 6.92 Å². The smallest absolute Gasteiger partial charge is 0.263 e. The van der Waals surface area contributed by atoms with Crippen LogP contribution in [-0.2, 0) is 5.41 Å². The zero-order valence-electron chi connectivity index (χ0n) is 11.0. The van der Waals surface area contributed by atoms with Gasteiger partial charge in [0.15, 0.2) is 0 Å². The molecule has 4 heteroatoms. The van der Waals surface area contributed by atoms with Crippen LogP contribution < -0.4 is 5.32 Å². The lowest BCUT2D eigenvalue weighted by molar-refractivity contribution is 0.0955. The Hall–Kier alpha value is -0.900. The normalized spacial score (nSPS) is 16.0. The first-order chi connectivity index (χ1) is 7.88. The second-order valence-electron chi connectivity index (χ2n) is 5.84. The van der Waals surface area contributed by atoms with Crippen LogP contribution in [0.3, 0.4) is 0 Å². The molecule has 0 spiro atoms. The van der Waals surface area contributed by atoms with Gasteiger partial charge >= 0.3 is 0 Å². The predicted octanol–water partition coefficient (Wildman–Crippen LogP) is 2.89. The van der Waals surface area contributed by atoms with E-state index < -0.39 is 0 Å². The van der Waals surface area contributed by atoms with E-state index in [0.717, 1.165) is 22.1 Å². The minimum atomic E-state index is 0.0183. The van der Waals surface area contributed by atoms with Gasteiger partial charge in [-0.15, -0.1) is 11.3 Å². The minimum absolute atomic E-state index is 0.0183. The highest BCUT2D eigenvalue weighted by Crippen LogP contribution is 2.30. The molecule has 2 rings (SSSR count). The monoisotopic (exact) mass is 252 g/mol. The number of aromatic nitrogens is 1. The number of carbonyl (C=O) groups excluding carboxylic acids is 1. The molecule has 1 amide bonds. The van der Waals surface area contributed by atoms with E-state index in [4.69, 9.17) is 0 Å². The number of aryl methyl sites for hydroxylation is 1. The molecule has 1 aliphatic rings. The number of nitrogens with one attached hydrogen (secondary N) is 1. The first-order valence-corrected chi connectivity index (χ1v) is 6.95. The average Bonchev–Trinajstić information content (AvgIpc) is 2.95. The molecule has 0 saturated heterocycles. The summed E-state index contributed by atoms with van der Waals surface area (Å²) in [5.74, 6) is 0.761. The van der Waals surface area contributed by atoms with Crippen molar-refractivity contribution in [3.8, 4) is 0 Å². The molecule has 1 saturated carbocycles. The Bertz CT molecular complexity index is 427. The quantitative estimate of drug-likeness (QED) is 0.898. The number of nitrogens with zero attached hydrogens (tertiary/aromatic N) is 1. The number of hydrogen-bond acceptors (Lipinski definition) is 3. The Labute approximate surface area is 107 Å². The maximum atomic E-state index is 12.0. The summed E-state index contributed by atoms with van der Waals surface area (Å²) in [5, 5.41) is 4.03. The van der Waals surface area contributed by atoms with E-state index in [1.165, 1.54) is 24.2 Å². The first kappa shape index (κ1) is 12.6. The lowest BCUT2D eigenvalue weighted by Crippen LogP contribution is -2.25. The summed E-state index contributed by atoms with van der Waals surface area (Å²) in [5.41, 5.74) is 0.873. The van der Waals surface area contributed by atoms with E-state index in [9.17, 15) is 4.79 Å². The second kappa shape index (κ2) is 4.41. The second-order valence-corrected chi connectivity index (χ2v) is 6.84. The van der Waals surface area contributed by atoms with Gasteiger partial charge in [0.25, 0.3) is 5.91 Å². The summed E-state index contributed by atoms with van der Waals surface area (Å²) in [4.78, 5) is 17.3. The number of carbonyl (C=O) groups is 1. The van der Waals surface area contributed by atoms with Crippen LogP contribution in [0, 0.1) is 12.8 Å². The van der Waals surface area contributed by atoms with Gasteiger partial charge in [0.2, 0.25) is 0 Å². The summed E-state index contributed by atoms with van der Waals surface area (Å²) in [6.07, 6.45) is 2.52. The molecular weight excluding hydrogens is 232 g/mol. The molecule has 1 aliphatic carbocycles. The van der Waals surface area contributed by atoms with Crippen LogP contribution in [0.5, 0.6) is 0 Å². The molecule has 0 aliphatic heterocycles. The largest absolute Gasteiger partial charge is 0.351 e. The van der Waals surface area contributed by atoms with Crippen LogP contribution in [0.2, 0.25) is 0 Å². The third-order valence-corrected chi connectivity index (χ3v) is 4.47. The van der Waals surface area contributed by atoms with Gasteiger partial charge in [-0.3, -0.25) is 4.79 Å². The summed E-state index contributed by atoms with van der Waals surface area (Å²) in [6, 6.07) is 0. The third-order valence-electron chi connectivity index (χ3n) is 2.89. The van der Waals surface area contributed by atoms with Crippen molar-refractivity contribution in [2.45, 2.75) is 46.0 Å². The molecule has 17 heavy (non-hydrogen) atoms. The van der Waals surface area contributed by atoms with Gasteiger partial charge in [-0.1, -0.05) is 20.8 Å². The molecule has 1 aromatic heterocycles. The van der Waals surface area contributed by atoms with Crippen LogP contribution in [0.4, 0.5) is 0 Å². The Morgan fingerprint density at radius 3 is 2.59 bits per heavy atom. The number of thiazole rings is 1. The lowest BCUT2D eigenvalue weighted by atomic mass is 9.98. The molecule has 0 aromatic carbocycles. The highest BCUT2D eigenvalue weighted by atomic mass is 32.1. The average molecular weight is 252 g/mol. The van der Waals surface area contributed by atoms with Gasteiger partial charge in [0, 0.05) is 12.0 Å². The first-order valence-electron chi connectivity index (χ1n) is 6.14. The number of amides is 1. The van der Waals surface area contributed by atoms with E-state index >= 15 is 0 Å². The lowest BCUT2D eigenvalue weighted by Gasteiger charge is -2.13. The maximum Gasteiger partial charge on any atom is 0.263 e. The maximum absolute atomic E-state index is 12.0. The SMILES string of the molecule is Cc1nc(C(C)(C)C)sc1C(=O)NCC1CC1. The summed E-state index contributed by atoms with van der Waals surface area (Å²) in [6.45, 7) is 9.10. The Morgan fingerprint density at radius 1 is 1.47 bits per heavy atom. The summed E-state index contributed by atoms with van der Waals surface area (Å²) < 4.78 is 0. The number of hydrogen-bond donors (Lipinski definition) is 1. The molecule has 1 heterocycles. The Morgan fingerprint density at radius 2 is 2.12 bits per heavy atom. The molecule has 0 radical (unpaired) electrons. The van der Waals surface area contributed by atoms with Gasteiger partial charge < -0.3 is 5.32 Å².